The molecule has 2 aromatic carbocycles. The van der Waals surface area contributed by atoms with E-state index in [1.807, 2.05) is 37.3 Å². The Bertz CT molecular complexity index is 753. The molecule has 0 saturated carbocycles. The number of rotatable bonds is 6. The van der Waals surface area contributed by atoms with Gasteiger partial charge in [-0.15, -0.1) is 0 Å². The van der Waals surface area contributed by atoms with Crippen molar-refractivity contribution < 1.29 is 13.2 Å². The van der Waals surface area contributed by atoms with Crippen molar-refractivity contribution in [2.45, 2.75) is 19.2 Å². The van der Waals surface area contributed by atoms with Gasteiger partial charge in [-0.1, -0.05) is 60.2 Å². The van der Waals surface area contributed by atoms with Crippen molar-refractivity contribution in [3.8, 4) is 0 Å². The van der Waals surface area contributed by atoms with E-state index >= 15 is 0 Å². The first-order valence-electron chi connectivity index (χ1n) is 7.39. The van der Waals surface area contributed by atoms with E-state index in [0.29, 0.717) is 12.1 Å². The van der Waals surface area contributed by atoms with E-state index in [1.54, 1.807) is 31.3 Å². The third kappa shape index (κ3) is 5.53. The van der Waals surface area contributed by atoms with E-state index in [-0.39, 0.29) is 11.7 Å². The maximum atomic E-state index is 12.2. The summed E-state index contributed by atoms with van der Waals surface area (Å²) in [5.41, 5.74) is 2.82. The highest BCUT2D eigenvalue weighted by Gasteiger charge is 2.20. The van der Waals surface area contributed by atoms with Crippen molar-refractivity contribution in [1.82, 2.24) is 4.90 Å². The molecule has 0 fully saturated rings. The average molecular weight is 331 g/mol. The average Bonchev–Trinajstić information content (AvgIpc) is 2.49. The summed E-state index contributed by atoms with van der Waals surface area (Å²) in [7, 11) is -1.84. The third-order valence-electron chi connectivity index (χ3n) is 3.54. The van der Waals surface area contributed by atoms with Crippen LogP contribution in [0.15, 0.2) is 54.6 Å². The first-order valence-corrected chi connectivity index (χ1v) is 9.22. The minimum atomic E-state index is -3.47. The molecular formula is C18H21NO3S. The second kappa shape index (κ2) is 7.42. The molecule has 23 heavy (non-hydrogen) atoms. The molecule has 0 spiro atoms. The van der Waals surface area contributed by atoms with Crippen molar-refractivity contribution in [2.24, 2.45) is 0 Å². The van der Waals surface area contributed by atoms with E-state index in [9.17, 15) is 13.2 Å². The van der Waals surface area contributed by atoms with Crippen LogP contribution in [-0.4, -0.2) is 32.0 Å². The molecule has 2 rings (SSSR count). The smallest absolute Gasteiger partial charge is 0.237 e. The summed E-state index contributed by atoms with van der Waals surface area (Å²) in [6.45, 7) is 2.40. The summed E-state index contributed by atoms with van der Waals surface area (Å²) in [6.07, 6.45) is 0. The molecule has 0 aliphatic carbocycles. The zero-order chi connectivity index (χ0) is 16.9. The van der Waals surface area contributed by atoms with Gasteiger partial charge in [0.05, 0.1) is 5.75 Å². The molecule has 0 saturated heterocycles. The SMILES string of the molecule is Cc1ccc(CN(C)C(=O)CS(=O)(=O)Cc2ccccc2)cc1. The topological polar surface area (TPSA) is 54.5 Å². The van der Waals surface area contributed by atoms with Crippen LogP contribution in [-0.2, 0) is 26.9 Å². The van der Waals surface area contributed by atoms with Gasteiger partial charge in [0, 0.05) is 13.6 Å². The number of carbonyl (C=O) groups excluding carboxylic acids is 1. The molecule has 0 radical (unpaired) electrons. The number of hydrogen-bond donors (Lipinski definition) is 0. The highest BCUT2D eigenvalue weighted by Crippen LogP contribution is 2.09. The number of sulfone groups is 1. The van der Waals surface area contributed by atoms with Crippen LogP contribution < -0.4 is 0 Å². The fourth-order valence-electron chi connectivity index (χ4n) is 2.23. The summed E-state index contributed by atoms with van der Waals surface area (Å²) < 4.78 is 24.3. The molecule has 122 valence electrons. The van der Waals surface area contributed by atoms with Gasteiger partial charge < -0.3 is 4.90 Å². The summed E-state index contributed by atoms with van der Waals surface area (Å²) in [6, 6.07) is 16.7. The maximum absolute atomic E-state index is 12.2. The van der Waals surface area contributed by atoms with Gasteiger partial charge in [0.25, 0.3) is 0 Å². The number of amides is 1. The van der Waals surface area contributed by atoms with Gasteiger partial charge in [0.2, 0.25) is 5.91 Å². The Morgan fingerprint density at radius 1 is 0.957 bits per heavy atom. The molecule has 0 N–H and O–H groups in total. The Morgan fingerprint density at radius 3 is 2.17 bits per heavy atom. The van der Waals surface area contributed by atoms with E-state index in [2.05, 4.69) is 0 Å². The second-order valence-electron chi connectivity index (χ2n) is 5.75. The van der Waals surface area contributed by atoms with E-state index in [4.69, 9.17) is 0 Å². The molecule has 5 heteroatoms. The quantitative estimate of drug-likeness (QED) is 0.817. The number of aryl methyl sites for hydroxylation is 1. The lowest BCUT2D eigenvalue weighted by Gasteiger charge is -2.17. The fourth-order valence-corrected chi connectivity index (χ4v) is 3.63. The van der Waals surface area contributed by atoms with Gasteiger partial charge in [-0.2, -0.15) is 0 Å². The highest BCUT2D eigenvalue weighted by atomic mass is 32.2. The number of hydrogen-bond acceptors (Lipinski definition) is 3. The van der Waals surface area contributed by atoms with Crippen LogP contribution in [0.1, 0.15) is 16.7 Å². The zero-order valence-electron chi connectivity index (χ0n) is 13.4. The van der Waals surface area contributed by atoms with E-state index in [0.717, 1.165) is 11.1 Å². The van der Waals surface area contributed by atoms with Crippen LogP contribution in [0.2, 0.25) is 0 Å². The second-order valence-corrected chi connectivity index (χ2v) is 7.82. The van der Waals surface area contributed by atoms with Crippen molar-refractivity contribution in [1.29, 1.82) is 0 Å². The van der Waals surface area contributed by atoms with E-state index < -0.39 is 15.6 Å². The minimum Gasteiger partial charge on any atom is -0.341 e. The Hall–Kier alpha value is -2.14. The van der Waals surface area contributed by atoms with Crippen molar-refractivity contribution in [2.75, 3.05) is 12.8 Å². The molecule has 4 nitrogen and oxygen atoms in total. The van der Waals surface area contributed by atoms with Crippen LogP contribution in [0.25, 0.3) is 0 Å². The van der Waals surface area contributed by atoms with Gasteiger partial charge in [0.15, 0.2) is 9.84 Å². The Morgan fingerprint density at radius 2 is 1.57 bits per heavy atom. The Balaban J connectivity index is 1.95. The summed E-state index contributed by atoms with van der Waals surface area (Å²) >= 11 is 0. The van der Waals surface area contributed by atoms with E-state index in [1.165, 1.54) is 4.90 Å². The summed E-state index contributed by atoms with van der Waals surface area (Å²) in [4.78, 5) is 13.6. The fraction of sp³-hybridized carbons (Fsp3) is 0.278. The maximum Gasteiger partial charge on any atom is 0.237 e. The predicted octanol–water partition coefficient (Wildman–Crippen LogP) is 2.57. The number of nitrogens with zero attached hydrogens (tertiary/aromatic N) is 1. The van der Waals surface area contributed by atoms with Crippen molar-refractivity contribution in [3.63, 3.8) is 0 Å². The monoisotopic (exact) mass is 331 g/mol. The molecule has 2 aromatic rings. The largest absolute Gasteiger partial charge is 0.341 e. The van der Waals surface area contributed by atoms with Gasteiger partial charge in [-0.25, -0.2) is 8.42 Å². The van der Waals surface area contributed by atoms with Crippen LogP contribution in [0, 0.1) is 6.92 Å². The first-order chi connectivity index (χ1) is 10.9. The lowest BCUT2D eigenvalue weighted by molar-refractivity contribution is -0.127. The van der Waals surface area contributed by atoms with Gasteiger partial charge >= 0.3 is 0 Å². The molecule has 0 aliphatic rings. The Labute approximate surface area is 137 Å². The normalized spacial score (nSPS) is 11.2. The number of benzene rings is 2. The Kier molecular flexibility index (Phi) is 5.55. The van der Waals surface area contributed by atoms with Crippen LogP contribution in [0.3, 0.4) is 0 Å². The van der Waals surface area contributed by atoms with Gasteiger partial charge in [0.1, 0.15) is 5.75 Å². The molecule has 0 bridgehead atoms. The summed E-state index contributed by atoms with van der Waals surface area (Å²) in [5.74, 6) is -0.969. The van der Waals surface area contributed by atoms with Gasteiger partial charge in [-0.3, -0.25) is 4.79 Å². The molecule has 0 aliphatic heterocycles. The lowest BCUT2D eigenvalue weighted by atomic mass is 10.1. The van der Waals surface area contributed by atoms with Crippen LogP contribution >= 0.6 is 0 Å². The third-order valence-corrected chi connectivity index (χ3v) is 5.00. The van der Waals surface area contributed by atoms with Crippen molar-refractivity contribution in [3.05, 3.63) is 71.3 Å². The lowest BCUT2D eigenvalue weighted by Crippen LogP contribution is -2.32. The molecule has 0 heterocycles. The van der Waals surface area contributed by atoms with Crippen molar-refractivity contribution >= 4 is 15.7 Å². The highest BCUT2D eigenvalue weighted by molar-refractivity contribution is 7.91. The summed E-state index contributed by atoms with van der Waals surface area (Å²) in [5, 5.41) is 0. The predicted molar refractivity (Wildman–Crippen MR) is 91.6 cm³/mol. The first kappa shape index (κ1) is 17.2. The number of carbonyl (C=O) groups is 1. The minimum absolute atomic E-state index is 0.113. The van der Waals surface area contributed by atoms with Crippen LogP contribution in [0.4, 0.5) is 0 Å². The molecule has 1 amide bonds. The molecule has 0 unspecified atom stereocenters. The molecule has 0 aromatic heterocycles. The van der Waals surface area contributed by atoms with Crippen LogP contribution in [0.5, 0.6) is 0 Å². The van der Waals surface area contributed by atoms with Gasteiger partial charge in [-0.05, 0) is 18.1 Å². The zero-order valence-corrected chi connectivity index (χ0v) is 14.2. The molecule has 0 atom stereocenters. The standard InChI is InChI=1S/C18H21NO3S/c1-15-8-10-16(11-9-15)12-19(2)18(20)14-23(21,22)13-17-6-4-3-5-7-17/h3-11H,12-14H2,1-2H3. The molecular weight excluding hydrogens is 310 g/mol.